The number of hydrogen-bond acceptors (Lipinski definition) is 1. The molecule has 0 saturated carbocycles. The Morgan fingerprint density at radius 3 is 3.00 bits per heavy atom. The molecule has 0 saturated heterocycles. The molecule has 1 unspecified atom stereocenters. The number of halogens is 1. The molecule has 1 aromatic carbocycles. The maximum Gasteiger partial charge on any atom is 0.220 e. The van der Waals surface area contributed by atoms with E-state index in [4.69, 9.17) is 5.73 Å². The lowest BCUT2D eigenvalue weighted by Gasteiger charge is -2.20. The summed E-state index contributed by atoms with van der Waals surface area (Å²) < 4.78 is 15.5. The highest BCUT2D eigenvalue weighted by atomic mass is 19.1. The molecule has 0 radical (unpaired) electrons. The molecule has 1 aliphatic carbocycles. The molecule has 2 aromatic rings. The van der Waals surface area contributed by atoms with E-state index >= 15 is 0 Å². The monoisotopic (exact) mass is 246 g/mol. The van der Waals surface area contributed by atoms with Crippen LogP contribution >= 0.6 is 0 Å². The van der Waals surface area contributed by atoms with Gasteiger partial charge in [0.05, 0.1) is 0 Å². The quantitative estimate of drug-likeness (QED) is 0.821. The second-order valence-electron chi connectivity index (χ2n) is 4.99. The minimum atomic E-state index is -0.256. The molecule has 0 spiro atoms. The lowest BCUT2D eigenvalue weighted by atomic mass is 9.86. The molecule has 18 heavy (non-hydrogen) atoms. The van der Waals surface area contributed by atoms with Crippen molar-refractivity contribution in [2.24, 2.45) is 18.7 Å². The van der Waals surface area contributed by atoms with Gasteiger partial charge in [-0.3, -0.25) is 4.79 Å². The summed E-state index contributed by atoms with van der Waals surface area (Å²) >= 11 is 0. The van der Waals surface area contributed by atoms with E-state index < -0.39 is 0 Å². The van der Waals surface area contributed by atoms with E-state index in [1.165, 1.54) is 11.8 Å². The lowest BCUT2D eigenvalue weighted by molar-refractivity contribution is -0.122. The summed E-state index contributed by atoms with van der Waals surface area (Å²) in [6, 6.07) is 4.82. The number of amides is 1. The highest BCUT2D eigenvalue weighted by molar-refractivity contribution is 5.87. The Morgan fingerprint density at radius 2 is 2.28 bits per heavy atom. The Hall–Kier alpha value is -1.84. The third kappa shape index (κ3) is 1.52. The van der Waals surface area contributed by atoms with E-state index in [0.717, 1.165) is 29.3 Å². The van der Waals surface area contributed by atoms with Gasteiger partial charge in [-0.25, -0.2) is 4.39 Å². The molecule has 0 bridgehead atoms. The van der Waals surface area contributed by atoms with Crippen LogP contribution in [-0.4, -0.2) is 10.5 Å². The van der Waals surface area contributed by atoms with Gasteiger partial charge in [0.1, 0.15) is 5.82 Å². The minimum Gasteiger partial charge on any atom is -0.369 e. The standard InChI is InChI=1S/C14H15FN2O/c1-17-12-4-2-8(14(16)18)6-10(12)11-7-9(15)3-5-13(11)17/h3,5,7-8H,2,4,6H2,1H3,(H2,16,18). The molecule has 1 heterocycles. The van der Waals surface area contributed by atoms with Crippen LogP contribution in [0.1, 0.15) is 17.7 Å². The van der Waals surface area contributed by atoms with Crippen molar-refractivity contribution in [1.82, 2.24) is 4.57 Å². The van der Waals surface area contributed by atoms with Gasteiger partial charge in [0, 0.05) is 29.6 Å². The number of carbonyl (C=O) groups excluding carboxylic acids is 1. The third-order valence-corrected chi connectivity index (χ3v) is 3.98. The van der Waals surface area contributed by atoms with Crippen molar-refractivity contribution in [3.05, 3.63) is 35.3 Å². The number of primary amides is 1. The number of nitrogens with zero attached hydrogens (tertiary/aromatic N) is 1. The van der Waals surface area contributed by atoms with E-state index in [-0.39, 0.29) is 17.6 Å². The smallest absolute Gasteiger partial charge is 0.220 e. The van der Waals surface area contributed by atoms with Gasteiger partial charge < -0.3 is 10.3 Å². The summed E-state index contributed by atoms with van der Waals surface area (Å²) in [6.45, 7) is 0. The molecule has 1 aliphatic rings. The summed E-state index contributed by atoms with van der Waals surface area (Å²) in [6.07, 6.45) is 2.25. The fourth-order valence-electron chi connectivity index (χ4n) is 2.99. The zero-order valence-corrected chi connectivity index (χ0v) is 10.2. The second-order valence-corrected chi connectivity index (χ2v) is 4.99. The number of hydrogen-bond donors (Lipinski definition) is 1. The average molecular weight is 246 g/mol. The van der Waals surface area contributed by atoms with Crippen molar-refractivity contribution in [2.45, 2.75) is 19.3 Å². The van der Waals surface area contributed by atoms with Crippen molar-refractivity contribution in [1.29, 1.82) is 0 Å². The molecule has 94 valence electrons. The Bertz CT molecular complexity index is 645. The van der Waals surface area contributed by atoms with Gasteiger partial charge in [-0.15, -0.1) is 0 Å². The second kappa shape index (κ2) is 3.83. The molecule has 3 nitrogen and oxygen atoms in total. The fourth-order valence-corrected chi connectivity index (χ4v) is 2.99. The zero-order valence-electron chi connectivity index (χ0n) is 10.2. The van der Waals surface area contributed by atoms with Gasteiger partial charge in [0.15, 0.2) is 0 Å². The third-order valence-electron chi connectivity index (χ3n) is 3.98. The zero-order chi connectivity index (χ0) is 12.9. The van der Waals surface area contributed by atoms with Crippen molar-refractivity contribution in [3.8, 4) is 0 Å². The highest BCUT2D eigenvalue weighted by Gasteiger charge is 2.27. The number of fused-ring (bicyclic) bond motifs is 3. The number of rotatable bonds is 1. The van der Waals surface area contributed by atoms with Crippen LogP contribution in [0, 0.1) is 11.7 Å². The Kier molecular flexibility index (Phi) is 2.40. The van der Waals surface area contributed by atoms with Crippen LogP contribution in [0.2, 0.25) is 0 Å². The number of aromatic nitrogens is 1. The molecule has 4 heteroatoms. The van der Waals surface area contributed by atoms with E-state index in [1.54, 1.807) is 12.1 Å². The van der Waals surface area contributed by atoms with Gasteiger partial charge in [-0.05, 0) is 43.0 Å². The predicted molar refractivity (Wildman–Crippen MR) is 67.6 cm³/mol. The molecular weight excluding hydrogens is 231 g/mol. The van der Waals surface area contributed by atoms with Crippen molar-refractivity contribution < 1.29 is 9.18 Å². The van der Waals surface area contributed by atoms with Gasteiger partial charge in [-0.2, -0.15) is 0 Å². The first-order chi connectivity index (χ1) is 8.58. The first-order valence-electron chi connectivity index (χ1n) is 6.13. The van der Waals surface area contributed by atoms with Crippen LogP contribution in [-0.2, 0) is 24.7 Å². The largest absolute Gasteiger partial charge is 0.369 e. The normalized spacial score (nSPS) is 18.9. The maximum absolute atomic E-state index is 13.4. The first-order valence-corrected chi connectivity index (χ1v) is 6.13. The maximum atomic E-state index is 13.4. The summed E-state index contributed by atoms with van der Waals surface area (Å²) in [5.41, 5.74) is 8.69. The fraction of sp³-hybridized carbons (Fsp3) is 0.357. The van der Waals surface area contributed by atoms with Gasteiger partial charge in [0.2, 0.25) is 5.91 Å². The lowest BCUT2D eigenvalue weighted by Crippen LogP contribution is -2.28. The average Bonchev–Trinajstić information content (AvgIpc) is 2.62. The molecule has 0 aliphatic heterocycles. The van der Waals surface area contributed by atoms with Crippen LogP contribution in [0.15, 0.2) is 18.2 Å². The Labute approximate surface area is 104 Å². The number of benzene rings is 1. The first kappa shape index (κ1) is 11.3. The van der Waals surface area contributed by atoms with Crippen molar-refractivity contribution in [2.75, 3.05) is 0 Å². The van der Waals surface area contributed by atoms with Crippen LogP contribution in [0.25, 0.3) is 10.9 Å². The summed E-state index contributed by atoms with van der Waals surface area (Å²) in [7, 11) is 1.99. The van der Waals surface area contributed by atoms with Crippen LogP contribution in [0.3, 0.4) is 0 Å². The van der Waals surface area contributed by atoms with Gasteiger partial charge in [0.25, 0.3) is 0 Å². The molecule has 0 fully saturated rings. The minimum absolute atomic E-state index is 0.119. The predicted octanol–water partition coefficient (Wildman–Crippen LogP) is 1.91. The van der Waals surface area contributed by atoms with Crippen molar-refractivity contribution >= 4 is 16.8 Å². The summed E-state index contributed by atoms with van der Waals surface area (Å²) in [5, 5.41) is 0.915. The van der Waals surface area contributed by atoms with Gasteiger partial charge in [-0.1, -0.05) is 0 Å². The summed E-state index contributed by atoms with van der Waals surface area (Å²) in [5.74, 6) is -0.613. The summed E-state index contributed by atoms with van der Waals surface area (Å²) in [4.78, 5) is 11.3. The van der Waals surface area contributed by atoms with E-state index in [9.17, 15) is 9.18 Å². The molecule has 1 atom stereocenters. The van der Waals surface area contributed by atoms with Crippen molar-refractivity contribution in [3.63, 3.8) is 0 Å². The molecule has 1 aromatic heterocycles. The SMILES string of the molecule is Cn1c2c(c3cc(F)ccc31)CC(C(N)=O)CC2. The van der Waals surface area contributed by atoms with E-state index in [1.807, 2.05) is 7.05 Å². The topological polar surface area (TPSA) is 48.0 Å². The highest BCUT2D eigenvalue weighted by Crippen LogP contribution is 2.33. The van der Waals surface area contributed by atoms with Crippen LogP contribution < -0.4 is 5.73 Å². The Balaban J connectivity index is 2.20. The molecule has 2 N–H and O–H groups in total. The van der Waals surface area contributed by atoms with E-state index in [0.29, 0.717) is 6.42 Å². The molecular formula is C14H15FN2O. The van der Waals surface area contributed by atoms with Crippen LogP contribution in [0.5, 0.6) is 0 Å². The van der Waals surface area contributed by atoms with E-state index in [2.05, 4.69) is 4.57 Å². The Morgan fingerprint density at radius 1 is 1.50 bits per heavy atom. The molecule has 3 rings (SSSR count). The van der Waals surface area contributed by atoms with Crippen LogP contribution in [0.4, 0.5) is 4.39 Å². The molecule has 1 amide bonds. The number of nitrogens with two attached hydrogens (primary N) is 1. The number of aryl methyl sites for hydroxylation is 1. The number of carbonyl (C=O) groups is 1. The van der Waals surface area contributed by atoms with Gasteiger partial charge >= 0.3 is 0 Å².